The zero-order valence-corrected chi connectivity index (χ0v) is 16.7. The van der Waals surface area contributed by atoms with Crippen LogP contribution in [0.25, 0.3) is 22.2 Å². The number of H-pyrrole nitrogens is 1. The van der Waals surface area contributed by atoms with Crippen LogP contribution in [-0.2, 0) is 6.54 Å². The number of pyridine rings is 1. The number of nitrogens with zero attached hydrogens (tertiary/aromatic N) is 3. The molecule has 0 bridgehead atoms. The van der Waals surface area contributed by atoms with Gasteiger partial charge in [0.1, 0.15) is 5.52 Å². The fourth-order valence-corrected chi connectivity index (χ4v) is 3.60. The lowest BCUT2D eigenvalue weighted by Crippen LogP contribution is -2.35. The average Bonchev–Trinajstić information content (AvgIpc) is 3.36. The minimum atomic E-state index is -0.893. The summed E-state index contributed by atoms with van der Waals surface area (Å²) < 4.78 is 1.67. The predicted octanol–water partition coefficient (Wildman–Crippen LogP) is 1.42. The van der Waals surface area contributed by atoms with E-state index in [0.717, 1.165) is 47.4 Å². The zero-order valence-electron chi connectivity index (χ0n) is 16.7. The molecule has 154 valence electrons. The molecule has 1 saturated heterocycles. The third-order valence-corrected chi connectivity index (χ3v) is 5.06. The zero-order chi connectivity index (χ0) is 20.4. The van der Waals surface area contributed by atoms with E-state index in [2.05, 4.69) is 37.1 Å². The lowest BCUT2D eigenvalue weighted by atomic mass is 10.0. The molecule has 9 nitrogen and oxygen atoms in total. The molecule has 1 fully saturated rings. The molecule has 3 aromatic rings. The fraction of sp³-hybridized carbons (Fsp3) is 0.400. The molecule has 0 aliphatic carbocycles. The normalized spacial score (nSPS) is 15.2. The maximum atomic E-state index is 12.3. The van der Waals surface area contributed by atoms with Crippen molar-refractivity contribution in [1.82, 2.24) is 25.3 Å². The number of anilines is 2. The molecular formula is C20H27N7O2. The predicted molar refractivity (Wildman–Crippen MR) is 115 cm³/mol. The number of imidazole rings is 1. The number of rotatable bonds is 7. The standard InChI is InChI=1S/C20H27N7O2/c1-3-21-20(29)25-19-23-15-10-14(13-6-9-26(4-2)17(28)12-13)11-16(18(15)24-19)27-8-5-7-22-27/h6,9-12,20-22,29H,3-5,7-8H2,1-2H3,(H2,23,24,25). The van der Waals surface area contributed by atoms with Crippen molar-refractivity contribution in [3.8, 4) is 11.1 Å². The first kappa shape index (κ1) is 19.4. The second kappa shape index (κ2) is 8.24. The fourth-order valence-electron chi connectivity index (χ4n) is 3.60. The average molecular weight is 397 g/mol. The van der Waals surface area contributed by atoms with E-state index in [9.17, 15) is 9.90 Å². The maximum absolute atomic E-state index is 12.3. The van der Waals surface area contributed by atoms with Crippen molar-refractivity contribution in [3.05, 3.63) is 40.8 Å². The van der Waals surface area contributed by atoms with Gasteiger partial charge in [-0.1, -0.05) is 6.92 Å². The molecule has 1 aliphatic heterocycles. The Hall–Kier alpha value is -2.88. The summed E-state index contributed by atoms with van der Waals surface area (Å²) in [5.41, 5.74) is 7.72. The highest BCUT2D eigenvalue weighted by Crippen LogP contribution is 2.33. The van der Waals surface area contributed by atoms with Crippen molar-refractivity contribution in [2.45, 2.75) is 33.2 Å². The summed E-state index contributed by atoms with van der Waals surface area (Å²) >= 11 is 0. The highest BCUT2D eigenvalue weighted by atomic mass is 16.3. The van der Waals surface area contributed by atoms with E-state index in [1.54, 1.807) is 10.6 Å². The van der Waals surface area contributed by atoms with Crippen LogP contribution in [0, 0.1) is 0 Å². The molecule has 9 heteroatoms. The topological polar surface area (TPSA) is 110 Å². The van der Waals surface area contributed by atoms with Crippen LogP contribution in [0.5, 0.6) is 0 Å². The number of nitrogens with one attached hydrogen (secondary N) is 4. The Morgan fingerprint density at radius 3 is 2.83 bits per heavy atom. The molecule has 1 aliphatic rings. The van der Waals surface area contributed by atoms with Crippen LogP contribution in [0.1, 0.15) is 20.3 Å². The Balaban J connectivity index is 1.79. The SMILES string of the molecule is CCNC(O)Nc1nc2c(N3CCCN3)cc(-c3ccn(CC)c(=O)c3)cc2[nH]1. The molecule has 0 radical (unpaired) electrons. The summed E-state index contributed by atoms with van der Waals surface area (Å²) in [6, 6.07) is 7.66. The molecule has 1 atom stereocenters. The molecule has 0 amide bonds. The molecule has 4 rings (SSSR count). The van der Waals surface area contributed by atoms with Gasteiger partial charge in [-0.05, 0) is 49.2 Å². The van der Waals surface area contributed by atoms with Crippen molar-refractivity contribution >= 4 is 22.7 Å². The molecule has 5 N–H and O–H groups in total. The Kier molecular flexibility index (Phi) is 5.52. The van der Waals surface area contributed by atoms with Crippen molar-refractivity contribution in [2.24, 2.45) is 0 Å². The molecule has 1 aromatic carbocycles. The van der Waals surface area contributed by atoms with Crippen molar-refractivity contribution in [2.75, 3.05) is 30.0 Å². The van der Waals surface area contributed by atoms with Crippen molar-refractivity contribution < 1.29 is 5.11 Å². The largest absolute Gasteiger partial charge is 0.361 e. The van der Waals surface area contributed by atoms with E-state index in [0.29, 0.717) is 19.0 Å². The van der Waals surface area contributed by atoms with Crippen molar-refractivity contribution in [1.29, 1.82) is 0 Å². The first-order chi connectivity index (χ1) is 14.1. The van der Waals surface area contributed by atoms with Gasteiger partial charge in [0.25, 0.3) is 5.56 Å². The summed E-state index contributed by atoms with van der Waals surface area (Å²) in [7, 11) is 0. The smallest absolute Gasteiger partial charge is 0.251 e. The summed E-state index contributed by atoms with van der Waals surface area (Å²) in [6.07, 6.45) is 1.98. The van der Waals surface area contributed by atoms with Crippen LogP contribution >= 0.6 is 0 Å². The first-order valence-electron chi connectivity index (χ1n) is 10.0. The van der Waals surface area contributed by atoms with Gasteiger partial charge in [-0.3, -0.25) is 10.1 Å². The van der Waals surface area contributed by atoms with Gasteiger partial charge in [-0.2, -0.15) is 0 Å². The number of aromatic amines is 1. The van der Waals surface area contributed by atoms with Crippen LogP contribution in [0.4, 0.5) is 11.6 Å². The van der Waals surface area contributed by atoms with E-state index >= 15 is 0 Å². The van der Waals surface area contributed by atoms with Gasteiger partial charge in [0, 0.05) is 31.9 Å². The second-order valence-corrected chi connectivity index (χ2v) is 7.03. The number of hydrogen-bond acceptors (Lipinski definition) is 7. The number of hydrogen-bond donors (Lipinski definition) is 5. The van der Waals surface area contributed by atoms with Gasteiger partial charge in [0.2, 0.25) is 5.95 Å². The van der Waals surface area contributed by atoms with Crippen LogP contribution in [-0.4, -0.2) is 45.6 Å². The third-order valence-electron chi connectivity index (χ3n) is 5.06. The summed E-state index contributed by atoms with van der Waals surface area (Å²) in [5, 5.41) is 17.9. The van der Waals surface area contributed by atoms with Gasteiger partial charge in [-0.25, -0.2) is 10.4 Å². The number of aromatic nitrogens is 3. The van der Waals surface area contributed by atoms with Gasteiger partial charge >= 0.3 is 0 Å². The van der Waals surface area contributed by atoms with Gasteiger partial charge < -0.3 is 25.0 Å². The Morgan fingerprint density at radius 1 is 1.28 bits per heavy atom. The Bertz CT molecular complexity index is 1050. The highest BCUT2D eigenvalue weighted by Gasteiger charge is 2.19. The Morgan fingerprint density at radius 2 is 2.14 bits per heavy atom. The highest BCUT2D eigenvalue weighted by molar-refractivity contribution is 5.94. The van der Waals surface area contributed by atoms with E-state index in [-0.39, 0.29) is 5.56 Å². The molecule has 1 unspecified atom stereocenters. The summed E-state index contributed by atoms with van der Waals surface area (Å²) in [6.45, 7) is 6.93. The number of hydrazine groups is 1. The van der Waals surface area contributed by atoms with Crippen molar-refractivity contribution in [3.63, 3.8) is 0 Å². The molecule has 2 aromatic heterocycles. The van der Waals surface area contributed by atoms with Gasteiger partial charge in [-0.15, -0.1) is 0 Å². The van der Waals surface area contributed by atoms with Gasteiger partial charge in [0.05, 0.1) is 11.2 Å². The first-order valence-corrected chi connectivity index (χ1v) is 10.0. The molecule has 0 saturated carbocycles. The van der Waals surface area contributed by atoms with Crippen LogP contribution in [0.15, 0.2) is 35.3 Å². The summed E-state index contributed by atoms with van der Waals surface area (Å²) in [4.78, 5) is 20.2. The third kappa shape index (κ3) is 3.98. The minimum absolute atomic E-state index is 0.0216. The van der Waals surface area contributed by atoms with Crippen LogP contribution < -0.4 is 26.6 Å². The number of fused-ring (bicyclic) bond motifs is 1. The van der Waals surface area contributed by atoms with Crippen LogP contribution in [0.2, 0.25) is 0 Å². The number of aryl methyl sites for hydroxylation is 1. The minimum Gasteiger partial charge on any atom is -0.361 e. The lowest BCUT2D eigenvalue weighted by Gasteiger charge is -2.19. The van der Waals surface area contributed by atoms with E-state index in [1.807, 2.05) is 32.2 Å². The number of benzene rings is 1. The van der Waals surface area contributed by atoms with E-state index in [4.69, 9.17) is 0 Å². The maximum Gasteiger partial charge on any atom is 0.251 e. The van der Waals surface area contributed by atoms with E-state index < -0.39 is 6.35 Å². The molecule has 0 spiro atoms. The second-order valence-electron chi connectivity index (χ2n) is 7.03. The Labute approximate surface area is 168 Å². The quantitative estimate of drug-likeness (QED) is 0.384. The van der Waals surface area contributed by atoms with Gasteiger partial charge in [0.15, 0.2) is 6.35 Å². The number of aliphatic hydroxyl groups excluding tert-OH is 1. The molecule has 29 heavy (non-hydrogen) atoms. The lowest BCUT2D eigenvalue weighted by molar-refractivity contribution is 0.167. The number of aliphatic hydroxyl groups is 1. The molecular weight excluding hydrogens is 370 g/mol. The van der Waals surface area contributed by atoms with E-state index in [1.165, 1.54) is 0 Å². The summed E-state index contributed by atoms with van der Waals surface area (Å²) in [5.74, 6) is 0.479. The van der Waals surface area contributed by atoms with Crippen LogP contribution in [0.3, 0.4) is 0 Å². The monoisotopic (exact) mass is 397 g/mol. The molecule has 3 heterocycles.